The van der Waals surface area contributed by atoms with Gasteiger partial charge in [-0.1, -0.05) is 6.92 Å². The van der Waals surface area contributed by atoms with Crippen LogP contribution >= 0.6 is 0 Å². The van der Waals surface area contributed by atoms with Crippen molar-refractivity contribution in [3.8, 4) is 0 Å². The van der Waals surface area contributed by atoms with Gasteiger partial charge in [-0.3, -0.25) is 4.99 Å². The molecule has 3 nitrogen and oxygen atoms in total. The molecule has 0 bridgehead atoms. The fourth-order valence-electron chi connectivity index (χ4n) is 1.49. The lowest BCUT2D eigenvalue weighted by Crippen LogP contribution is -2.33. The normalized spacial score (nSPS) is 28.2. The first-order valence-corrected chi connectivity index (χ1v) is 4.50. The monoisotopic (exact) mass is 166 g/mol. The third-order valence-electron chi connectivity index (χ3n) is 2.27. The van der Waals surface area contributed by atoms with Crippen molar-refractivity contribution in [1.82, 2.24) is 5.32 Å². The van der Waals surface area contributed by atoms with Crippen LogP contribution in [0.4, 0.5) is 0 Å². The lowest BCUT2D eigenvalue weighted by molar-refractivity contribution is 0.164. The van der Waals surface area contributed by atoms with E-state index in [4.69, 9.17) is 4.74 Å². The van der Waals surface area contributed by atoms with Gasteiger partial charge in [-0.05, 0) is 18.4 Å². The van der Waals surface area contributed by atoms with E-state index in [2.05, 4.69) is 23.4 Å². The highest BCUT2D eigenvalue weighted by Crippen LogP contribution is 2.15. The molecule has 1 fully saturated rings. The first-order chi connectivity index (χ1) is 5.90. The van der Waals surface area contributed by atoms with Crippen molar-refractivity contribution in [3.05, 3.63) is 11.8 Å². The zero-order chi connectivity index (χ0) is 8.39. The van der Waals surface area contributed by atoms with Gasteiger partial charge in [0, 0.05) is 6.20 Å². The first-order valence-electron chi connectivity index (χ1n) is 4.50. The Morgan fingerprint density at radius 2 is 2.67 bits per heavy atom. The number of nitrogens with one attached hydrogen (secondary N) is 1. The van der Waals surface area contributed by atoms with Gasteiger partial charge in [0.2, 0.25) is 0 Å². The number of hydrogen-bond acceptors (Lipinski definition) is 3. The van der Waals surface area contributed by atoms with E-state index in [0.717, 1.165) is 25.2 Å². The van der Waals surface area contributed by atoms with Crippen LogP contribution in [0.15, 0.2) is 16.8 Å². The van der Waals surface area contributed by atoms with Gasteiger partial charge in [0.25, 0.3) is 0 Å². The molecular formula is C9H14N2O. The lowest BCUT2D eigenvalue weighted by atomic mass is 10.1. The van der Waals surface area contributed by atoms with Gasteiger partial charge >= 0.3 is 0 Å². The molecule has 2 heterocycles. The molecule has 0 saturated carbocycles. The maximum atomic E-state index is 5.33. The van der Waals surface area contributed by atoms with E-state index in [1.165, 1.54) is 5.57 Å². The van der Waals surface area contributed by atoms with Crippen LogP contribution in [0.3, 0.4) is 0 Å². The largest absolute Gasteiger partial charge is 0.375 e. The fraction of sp³-hybridized carbons (Fsp3) is 0.667. The summed E-state index contributed by atoms with van der Waals surface area (Å²) in [6.07, 6.45) is 4.40. The van der Waals surface area contributed by atoms with Crippen molar-refractivity contribution in [3.63, 3.8) is 0 Å². The first kappa shape index (κ1) is 7.80. The van der Waals surface area contributed by atoms with E-state index < -0.39 is 0 Å². The zero-order valence-corrected chi connectivity index (χ0v) is 7.34. The maximum Gasteiger partial charge on any atom is 0.118 e. The Bertz CT molecular complexity index is 233. The summed E-state index contributed by atoms with van der Waals surface area (Å²) in [4.78, 5) is 4.53. The highest BCUT2D eigenvalue weighted by molar-refractivity contribution is 6.02. The summed E-state index contributed by atoms with van der Waals surface area (Å²) in [6.45, 7) is 3.66. The molecule has 66 valence electrons. The molecule has 0 radical (unpaired) electrons. The van der Waals surface area contributed by atoms with E-state index in [0.29, 0.717) is 6.61 Å². The Morgan fingerprint density at radius 3 is 3.50 bits per heavy atom. The summed E-state index contributed by atoms with van der Waals surface area (Å²) in [5.41, 5.74) is 2.47. The number of hydrogen-bond donors (Lipinski definition) is 1. The third kappa shape index (κ3) is 1.37. The second-order valence-corrected chi connectivity index (χ2v) is 3.14. The molecular weight excluding hydrogens is 152 g/mol. The Morgan fingerprint density at radius 1 is 1.75 bits per heavy atom. The van der Waals surface area contributed by atoms with Crippen LogP contribution < -0.4 is 5.32 Å². The zero-order valence-electron chi connectivity index (χ0n) is 7.34. The van der Waals surface area contributed by atoms with E-state index >= 15 is 0 Å². The van der Waals surface area contributed by atoms with Crippen molar-refractivity contribution in [2.75, 3.05) is 13.2 Å². The molecule has 0 amide bonds. The highest BCUT2D eigenvalue weighted by Gasteiger charge is 2.18. The Kier molecular flexibility index (Phi) is 2.13. The molecule has 3 heteroatoms. The molecule has 0 aromatic carbocycles. The minimum Gasteiger partial charge on any atom is -0.375 e. The molecule has 2 rings (SSSR count). The standard InChI is InChI=1S/C9H14N2O/c1-2-9-10-5-7-3-4-12-6-8(7)11-9/h5,9-10H,2-4,6H2,1H3. The molecule has 0 spiro atoms. The van der Waals surface area contributed by atoms with Gasteiger partial charge < -0.3 is 10.1 Å². The number of ether oxygens (including phenoxy) is 1. The average molecular weight is 166 g/mol. The molecule has 12 heavy (non-hydrogen) atoms. The third-order valence-corrected chi connectivity index (χ3v) is 2.27. The maximum absolute atomic E-state index is 5.33. The van der Waals surface area contributed by atoms with Crippen molar-refractivity contribution in [2.24, 2.45) is 4.99 Å². The van der Waals surface area contributed by atoms with Crippen molar-refractivity contribution in [1.29, 1.82) is 0 Å². The van der Waals surface area contributed by atoms with Gasteiger partial charge in [-0.2, -0.15) is 0 Å². The van der Waals surface area contributed by atoms with Crippen LogP contribution in [0, 0.1) is 0 Å². The minimum atomic E-state index is 0.269. The smallest absolute Gasteiger partial charge is 0.118 e. The van der Waals surface area contributed by atoms with Gasteiger partial charge in [0.05, 0.1) is 18.9 Å². The predicted octanol–water partition coefficient (Wildman–Crippen LogP) is 1.07. The minimum absolute atomic E-state index is 0.269. The number of fused-ring (bicyclic) bond motifs is 1. The van der Waals surface area contributed by atoms with Crippen molar-refractivity contribution >= 4 is 5.71 Å². The fourth-order valence-corrected chi connectivity index (χ4v) is 1.49. The molecule has 0 aromatic heterocycles. The molecule has 1 atom stereocenters. The molecule has 1 N–H and O–H groups in total. The molecule has 1 saturated heterocycles. The van der Waals surface area contributed by atoms with E-state index in [9.17, 15) is 0 Å². The highest BCUT2D eigenvalue weighted by atomic mass is 16.5. The van der Waals surface area contributed by atoms with E-state index in [1.54, 1.807) is 0 Å². The Hall–Kier alpha value is -0.830. The molecule has 0 aromatic rings. The van der Waals surface area contributed by atoms with Crippen LogP contribution in [-0.4, -0.2) is 25.1 Å². The summed E-state index contributed by atoms with van der Waals surface area (Å²) in [5, 5.41) is 3.26. The SMILES string of the molecule is CCC1N=C2COCCC2=CN1. The van der Waals surface area contributed by atoms with Crippen LogP contribution in [0.5, 0.6) is 0 Å². The van der Waals surface area contributed by atoms with E-state index in [1.807, 2.05) is 0 Å². The summed E-state index contributed by atoms with van der Waals surface area (Å²) >= 11 is 0. The van der Waals surface area contributed by atoms with Crippen LogP contribution in [-0.2, 0) is 4.74 Å². The number of aliphatic imine (C=N–C) groups is 1. The second kappa shape index (κ2) is 3.27. The van der Waals surface area contributed by atoms with Crippen molar-refractivity contribution < 1.29 is 4.74 Å². The number of rotatable bonds is 1. The molecule has 0 aliphatic carbocycles. The Balaban J connectivity index is 2.13. The summed E-state index contributed by atoms with van der Waals surface area (Å²) < 4.78 is 5.33. The van der Waals surface area contributed by atoms with Crippen LogP contribution in [0.2, 0.25) is 0 Å². The molecule has 1 unspecified atom stereocenters. The van der Waals surface area contributed by atoms with Gasteiger partial charge in [-0.25, -0.2) is 0 Å². The topological polar surface area (TPSA) is 33.6 Å². The van der Waals surface area contributed by atoms with Gasteiger partial charge in [0.1, 0.15) is 6.17 Å². The molecule has 2 aliphatic rings. The second-order valence-electron chi connectivity index (χ2n) is 3.14. The van der Waals surface area contributed by atoms with Crippen molar-refractivity contribution in [2.45, 2.75) is 25.9 Å². The lowest BCUT2D eigenvalue weighted by Gasteiger charge is -2.25. The summed E-state index contributed by atoms with van der Waals surface area (Å²) in [6, 6.07) is 0. The van der Waals surface area contributed by atoms with Crippen LogP contribution in [0.1, 0.15) is 19.8 Å². The number of nitrogens with zero attached hydrogens (tertiary/aromatic N) is 1. The quantitative estimate of drug-likeness (QED) is 0.632. The average Bonchev–Trinajstić information content (AvgIpc) is 2.17. The van der Waals surface area contributed by atoms with Crippen LogP contribution in [0.25, 0.3) is 0 Å². The Labute approximate surface area is 72.5 Å². The van der Waals surface area contributed by atoms with Gasteiger partial charge in [-0.15, -0.1) is 0 Å². The summed E-state index contributed by atoms with van der Waals surface area (Å²) in [7, 11) is 0. The molecule has 2 aliphatic heterocycles. The predicted molar refractivity (Wildman–Crippen MR) is 48.2 cm³/mol. The summed E-state index contributed by atoms with van der Waals surface area (Å²) in [5.74, 6) is 0. The van der Waals surface area contributed by atoms with E-state index in [-0.39, 0.29) is 6.17 Å². The van der Waals surface area contributed by atoms with Gasteiger partial charge in [0.15, 0.2) is 0 Å².